The van der Waals surface area contributed by atoms with Gasteiger partial charge in [-0.15, -0.1) is 0 Å². The highest BCUT2D eigenvalue weighted by molar-refractivity contribution is 9.10. The molecule has 4 rings (SSSR count). The number of hydrogen-bond acceptors (Lipinski definition) is 4. The van der Waals surface area contributed by atoms with E-state index < -0.39 is 0 Å². The topological polar surface area (TPSA) is 32.8 Å². The van der Waals surface area contributed by atoms with Crippen molar-refractivity contribution in [3.63, 3.8) is 0 Å². The summed E-state index contributed by atoms with van der Waals surface area (Å²) in [4.78, 5) is 16.9. The number of amides is 1. The van der Waals surface area contributed by atoms with Gasteiger partial charge in [0.1, 0.15) is 5.75 Å². The molecular formula is C24H28BrClN2O2S. The SMILES string of the molecule is CCOc1ccc(Br)c(CC2CCN(CC3CN(c4ccc(Cl)cc4)C(=O)S3)CC2)c1. The highest BCUT2D eigenvalue weighted by atomic mass is 79.9. The zero-order valence-corrected chi connectivity index (χ0v) is 20.9. The molecule has 2 aliphatic heterocycles. The molecule has 0 saturated carbocycles. The molecule has 0 aromatic heterocycles. The van der Waals surface area contributed by atoms with Crippen LogP contribution < -0.4 is 9.64 Å². The van der Waals surface area contributed by atoms with Gasteiger partial charge in [0.2, 0.25) is 0 Å². The molecule has 1 amide bonds. The first-order chi connectivity index (χ1) is 15.0. The standard InChI is InChI=1S/C24H28BrClN2O2S/c1-2-30-21-7-8-23(25)18(14-21)13-17-9-11-27(12-10-17)15-22-16-28(24(29)31-22)20-5-3-19(26)4-6-20/h3-8,14,17,22H,2,9-13,15-16H2,1H3. The minimum Gasteiger partial charge on any atom is -0.494 e. The van der Waals surface area contributed by atoms with E-state index in [2.05, 4.69) is 33.0 Å². The first kappa shape index (κ1) is 23.0. The van der Waals surface area contributed by atoms with Gasteiger partial charge in [-0.3, -0.25) is 4.79 Å². The second kappa shape index (κ2) is 10.6. The van der Waals surface area contributed by atoms with Crippen molar-refractivity contribution < 1.29 is 9.53 Å². The predicted octanol–water partition coefficient (Wildman–Crippen LogP) is 6.50. The van der Waals surface area contributed by atoms with Gasteiger partial charge in [-0.2, -0.15) is 0 Å². The van der Waals surface area contributed by atoms with Crippen molar-refractivity contribution >= 4 is 50.2 Å². The highest BCUT2D eigenvalue weighted by Crippen LogP contribution is 2.33. The molecule has 166 valence electrons. The van der Waals surface area contributed by atoms with Crippen molar-refractivity contribution in [3.8, 4) is 5.75 Å². The number of nitrogens with zero attached hydrogens (tertiary/aromatic N) is 2. The molecule has 0 spiro atoms. The van der Waals surface area contributed by atoms with E-state index in [9.17, 15) is 4.79 Å². The van der Waals surface area contributed by atoms with Crippen LogP contribution in [-0.2, 0) is 6.42 Å². The predicted molar refractivity (Wildman–Crippen MR) is 134 cm³/mol. The Hall–Kier alpha value is -1.21. The minimum atomic E-state index is 0.140. The Balaban J connectivity index is 1.26. The quantitative estimate of drug-likeness (QED) is 0.415. The molecule has 7 heteroatoms. The van der Waals surface area contributed by atoms with Gasteiger partial charge in [-0.1, -0.05) is 39.3 Å². The number of ether oxygens (including phenoxy) is 1. The summed E-state index contributed by atoms with van der Waals surface area (Å²) >= 11 is 11.2. The molecule has 2 aromatic carbocycles. The molecule has 31 heavy (non-hydrogen) atoms. The molecular weight excluding hydrogens is 496 g/mol. The van der Waals surface area contributed by atoms with Gasteiger partial charge in [-0.25, -0.2) is 0 Å². The normalized spacial score (nSPS) is 20.4. The number of likely N-dealkylation sites (tertiary alicyclic amines) is 1. The summed E-state index contributed by atoms with van der Waals surface area (Å²) in [6.07, 6.45) is 3.46. The molecule has 0 aliphatic carbocycles. The molecule has 2 fully saturated rings. The van der Waals surface area contributed by atoms with E-state index in [1.54, 1.807) is 0 Å². The van der Waals surface area contributed by atoms with Gasteiger partial charge < -0.3 is 14.5 Å². The Kier molecular flexibility index (Phi) is 7.86. The fourth-order valence-corrected chi connectivity index (χ4v) is 6.02. The summed E-state index contributed by atoms with van der Waals surface area (Å²) < 4.78 is 6.84. The van der Waals surface area contributed by atoms with E-state index in [0.717, 1.165) is 44.0 Å². The zero-order valence-electron chi connectivity index (χ0n) is 17.7. The summed E-state index contributed by atoms with van der Waals surface area (Å²) in [5.41, 5.74) is 2.27. The Labute approximate surface area is 202 Å². The van der Waals surface area contributed by atoms with Crippen molar-refractivity contribution in [3.05, 3.63) is 57.5 Å². The zero-order chi connectivity index (χ0) is 21.8. The number of piperidine rings is 1. The number of anilines is 1. The number of rotatable bonds is 7. The molecule has 1 atom stereocenters. The van der Waals surface area contributed by atoms with E-state index in [-0.39, 0.29) is 5.24 Å². The molecule has 0 N–H and O–H groups in total. The highest BCUT2D eigenvalue weighted by Gasteiger charge is 2.33. The van der Waals surface area contributed by atoms with Crippen molar-refractivity contribution in [2.24, 2.45) is 5.92 Å². The Morgan fingerprint density at radius 1 is 1.16 bits per heavy atom. The lowest BCUT2D eigenvalue weighted by Gasteiger charge is -2.33. The summed E-state index contributed by atoms with van der Waals surface area (Å²) in [6.45, 7) is 6.64. The van der Waals surface area contributed by atoms with Gasteiger partial charge in [0.25, 0.3) is 5.24 Å². The Morgan fingerprint density at radius 3 is 2.61 bits per heavy atom. The maximum absolute atomic E-state index is 12.5. The lowest BCUT2D eigenvalue weighted by molar-refractivity contribution is 0.185. The fraction of sp³-hybridized carbons (Fsp3) is 0.458. The first-order valence-corrected chi connectivity index (χ1v) is 12.9. The Bertz CT molecular complexity index is 903. The smallest absolute Gasteiger partial charge is 0.286 e. The van der Waals surface area contributed by atoms with Crippen LogP contribution >= 0.6 is 39.3 Å². The molecule has 2 aromatic rings. The first-order valence-electron chi connectivity index (χ1n) is 10.9. The molecule has 1 unspecified atom stereocenters. The largest absolute Gasteiger partial charge is 0.494 e. The molecule has 2 heterocycles. The van der Waals surface area contributed by atoms with E-state index >= 15 is 0 Å². The van der Waals surface area contributed by atoms with E-state index in [4.69, 9.17) is 16.3 Å². The molecule has 0 bridgehead atoms. The molecule has 2 saturated heterocycles. The fourth-order valence-electron chi connectivity index (χ4n) is 4.38. The van der Waals surface area contributed by atoms with Crippen LogP contribution in [0.4, 0.5) is 10.5 Å². The van der Waals surface area contributed by atoms with Crippen molar-refractivity contribution in [2.45, 2.75) is 31.4 Å². The minimum absolute atomic E-state index is 0.140. The second-order valence-corrected chi connectivity index (χ2v) is 10.8. The van der Waals surface area contributed by atoms with Crippen molar-refractivity contribution in [2.75, 3.05) is 37.7 Å². The van der Waals surface area contributed by atoms with Gasteiger partial charge in [0.15, 0.2) is 0 Å². The third kappa shape index (κ3) is 5.98. The number of thioether (sulfide) groups is 1. The van der Waals surface area contributed by atoms with Gasteiger partial charge in [0.05, 0.1) is 6.61 Å². The number of halogens is 2. The second-order valence-electron chi connectivity index (χ2n) is 8.23. The third-order valence-electron chi connectivity index (χ3n) is 6.02. The Morgan fingerprint density at radius 2 is 1.90 bits per heavy atom. The van der Waals surface area contributed by atoms with Crippen LogP contribution in [0.5, 0.6) is 5.75 Å². The maximum Gasteiger partial charge on any atom is 0.286 e. The summed E-state index contributed by atoms with van der Waals surface area (Å²) in [5, 5.41) is 1.15. The number of carbonyl (C=O) groups excluding carboxylic acids is 1. The summed E-state index contributed by atoms with van der Waals surface area (Å²) in [6, 6.07) is 13.8. The van der Waals surface area contributed by atoms with Gasteiger partial charge >= 0.3 is 0 Å². The third-order valence-corrected chi connectivity index (χ3v) is 8.10. The van der Waals surface area contributed by atoms with Crippen LogP contribution in [0.25, 0.3) is 0 Å². The van der Waals surface area contributed by atoms with E-state index in [1.807, 2.05) is 42.2 Å². The van der Waals surface area contributed by atoms with Crippen molar-refractivity contribution in [1.82, 2.24) is 4.90 Å². The maximum atomic E-state index is 12.5. The van der Waals surface area contributed by atoms with Gasteiger partial charge in [-0.05, 0) is 93.2 Å². The van der Waals surface area contributed by atoms with Crippen LogP contribution in [0, 0.1) is 5.92 Å². The average Bonchev–Trinajstić information content (AvgIpc) is 3.12. The van der Waals surface area contributed by atoms with Crippen molar-refractivity contribution in [1.29, 1.82) is 0 Å². The van der Waals surface area contributed by atoms with Gasteiger partial charge in [0, 0.05) is 33.5 Å². The number of benzene rings is 2. The lowest BCUT2D eigenvalue weighted by atomic mass is 9.90. The van der Waals surface area contributed by atoms with Crippen LogP contribution in [0.1, 0.15) is 25.3 Å². The molecule has 0 radical (unpaired) electrons. The van der Waals surface area contributed by atoms with Crippen LogP contribution in [0.15, 0.2) is 46.9 Å². The van der Waals surface area contributed by atoms with Crippen LogP contribution in [0.3, 0.4) is 0 Å². The van der Waals surface area contributed by atoms with Crippen LogP contribution in [-0.4, -0.2) is 48.2 Å². The molecule has 4 nitrogen and oxygen atoms in total. The number of hydrogen-bond donors (Lipinski definition) is 0. The summed E-state index contributed by atoms with van der Waals surface area (Å²) in [5.74, 6) is 1.64. The monoisotopic (exact) mass is 522 g/mol. The average molecular weight is 524 g/mol. The van der Waals surface area contributed by atoms with E-state index in [0.29, 0.717) is 22.8 Å². The number of carbonyl (C=O) groups is 1. The summed E-state index contributed by atoms with van der Waals surface area (Å²) in [7, 11) is 0. The van der Waals surface area contributed by atoms with Crippen LogP contribution in [0.2, 0.25) is 5.02 Å². The lowest BCUT2D eigenvalue weighted by Crippen LogP contribution is -2.39. The molecule has 2 aliphatic rings. The van der Waals surface area contributed by atoms with E-state index in [1.165, 1.54) is 34.6 Å².